The third-order valence-electron chi connectivity index (χ3n) is 3.80. The Balaban J connectivity index is 1.84. The zero-order valence-electron chi connectivity index (χ0n) is 11.0. The molecule has 1 fully saturated rings. The summed E-state index contributed by atoms with van der Waals surface area (Å²) in [7, 11) is 1.62. The van der Waals surface area contributed by atoms with Gasteiger partial charge in [-0.25, -0.2) is 4.98 Å². The van der Waals surface area contributed by atoms with Gasteiger partial charge in [-0.3, -0.25) is 0 Å². The van der Waals surface area contributed by atoms with E-state index >= 15 is 0 Å². The fraction of sp³-hybridized carbons (Fsp3) is 0.643. The van der Waals surface area contributed by atoms with E-state index in [0.717, 1.165) is 31.6 Å². The zero-order chi connectivity index (χ0) is 12.8. The summed E-state index contributed by atoms with van der Waals surface area (Å²) >= 11 is 0. The molecule has 100 valence electrons. The minimum absolute atomic E-state index is 0.0961. The van der Waals surface area contributed by atoms with Crippen molar-refractivity contribution in [1.29, 1.82) is 0 Å². The highest BCUT2D eigenvalue weighted by Crippen LogP contribution is 2.36. The summed E-state index contributed by atoms with van der Waals surface area (Å²) in [4.78, 5) is 4.36. The average Bonchev–Trinajstić information content (AvgIpc) is 2.88. The van der Waals surface area contributed by atoms with Gasteiger partial charge in [0.1, 0.15) is 0 Å². The van der Waals surface area contributed by atoms with Crippen molar-refractivity contribution in [2.75, 3.05) is 20.3 Å². The molecule has 0 radical (unpaired) electrons. The molecule has 0 aliphatic heterocycles. The van der Waals surface area contributed by atoms with Crippen molar-refractivity contribution in [3.8, 4) is 5.88 Å². The molecular weight excluding hydrogens is 228 g/mol. The summed E-state index contributed by atoms with van der Waals surface area (Å²) in [6.45, 7) is 1.87. The molecule has 4 nitrogen and oxygen atoms in total. The Labute approximate surface area is 108 Å². The molecule has 1 aliphatic carbocycles. The molecule has 0 amide bonds. The zero-order valence-corrected chi connectivity index (χ0v) is 11.0. The van der Waals surface area contributed by atoms with Crippen molar-refractivity contribution in [2.24, 2.45) is 5.41 Å². The summed E-state index contributed by atoms with van der Waals surface area (Å²) in [6, 6.07) is 5.77. The fourth-order valence-electron chi connectivity index (χ4n) is 2.64. The van der Waals surface area contributed by atoms with Crippen molar-refractivity contribution in [3.05, 3.63) is 23.9 Å². The molecule has 4 heteroatoms. The third-order valence-corrected chi connectivity index (χ3v) is 3.80. The van der Waals surface area contributed by atoms with Crippen molar-refractivity contribution in [1.82, 2.24) is 10.3 Å². The molecule has 2 rings (SSSR count). The molecule has 2 N–H and O–H groups in total. The molecule has 0 unspecified atom stereocenters. The summed E-state index contributed by atoms with van der Waals surface area (Å²) < 4.78 is 5.10. The largest absolute Gasteiger partial charge is 0.481 e. The van der Waals surface area contributed by atoms with Gasteiger partial charge in [-0.15, -0.1) is 0 Å². The van der Waals surface area contributed by atoms with Crippen molar-refractivity contribution < 1.29 is 9.84 Å². The molecule has 1 aliphatic rings. The number of nitrogens with zero attached hydrogens (tertiary/aromatic N) is 1. The molecule has 0 aromatic carbocycles. The highest BCUT2D eigenvalue weighted by molar-refractivity contribution is 5.15. The number of aliphatic hydroxyl groups excluding tert-OH is 1. The Morgan fingerprint density at radius 3 is 2.83 bits per heavy atom. The van der Waals surface area contributed by atoms with Crippen LogP contribution in [0.25, 0.3) is 0 Å². The van der Waals surface area contributed by atoms with Gasteiger partial charge in [0, 0.05) is 31.2 Å². The van der Waals surface area contributed by atoms with E-state index in [9.17, 15) is 5.11 Å². The number of methoxy groups -OCH3 is 1. The predicted octanol–water partition coefficient (Wildman–Crippen LogP) is 1.73. The Morgan fingerprint density at radius 2 is 2.17 bits per heavy atom. The molecule has 1 saturated carbocycles. The van der Waals surface area contributed by atoms with Crippen molar-refractivity contribution in [3.63, 3.8) is 0 Å². The van der Waals surface area contributed by atoms with Gasteiger partial charge in [-0.2, -0.15) is 0 Å². The molecule has 0 saturated heterocycles. The van der Waals surface area contributed by atoms with E-state index in [1.54, 1.807) is 7.11 Å². The molecule has 0 atom stereocenters. The van der Waals surface area contributed by atoms with Gasteiger partial charge in [0.25, 0.3) is 0 Å². The van der Waals surface area contributed by atoms with Gasteiger partial charge in [0.2, 0.25) is 5.88 Å². The number of ether oxygens (including phenoxy) is 1. The quantitative estimate of drug-likeness (QED) is 0.807. The van der Waals surface area contributed by atoms with Crippen LogP contribution in [0.3, 0.4) is 0 Å². The van der Waals surface area contributed by atoms with Crippen LogP contribution in [0.4, 0.5) is 0 Å². The molecule has 1 heterocycles. The second kappa shape index (κ2) is 6.16. The maximum absolute atomic E-state index is 9.52. The minimum atomic E-state index is 0.0961. The van der Waals surface area contributed by atoms with Gasteiger partial charge in [-0.05, 0) is 18.9 Å². The second-order valence-corrected chi connectivity index (χ2v) is 5.14. The van der Waals surface area contributed by atoms with E-state index in [2.05, 4.69) is 10.3 Å². The van der Waals surface area contributed by atoms with Gasteiger partial charge in [0.15, 0.2) is 0 Å². The van der Waals surface area contributed by atoms with E-state index < -0.39 is 0 Å². The number of hydrogen-bond acceptors (Lipinski definition) is 4. The molecule has 0 bridgehead atoms. The summed E-state index contributed by atoms with van der Waals surface area (Å²) in [5.74, 6) is 0.645. The smallest absolute Gasteiger partial charge is 0.213 e. The molecule has 0 spiro atoms. The topological polar surface area (TPSA) is 54.4 Å². The van der Waals surface area contributed by atoms with Gasteiger partial charge in [0.05, 0.1) is 12.8 Å². The first-order chi connectivity index (χ1) is 8.78. The van der Waals surface area contributed by atoms with Crippen LogP contribution in [0.15, 0.2) is 18.2 Å². The second-order valence-electron chi connectivity index (χ2n) is 5.14. The summed E-state index contributed by atoms with van der Waals surface area (Å²) in [6.07, 6.45) is 4.73. The van der Waals surface area contributed by atoms with Crippen LogP contribution in [-0.4, -0.2) is 30.4 Å². The predicted molar refractivity (Wildman–Crippen MR) is 70.5 cm³/mol. The van der Waals surface area contributed by atoms with Crippen LogP contribution in [0, 0.1) is 5.41 Å². The van der Waals surface area contributed by atoms with Crippen LogP contribution in [-0.2, 0) is 6.54 Å². The van der Waals surface area contributed by atoms with Crippen LogP contribution in [0.2, 0.25) is 0 Å². The standard InChI is InChI=1S/C14H22N2O2/c1-18-13-6-4-5-12(16-13)9-15-10-14(11-17)7-2-3-8-14/h4-6,15,17H,2-3,7-11H2,1H3. The maximum Gasteiger partial charge on any atom is 0.213 e. The van der Waals surface area contributed by atoms with E-state index in [1.807, 2.05) is 18.2 Å². The normalized spacial score (nSPS) is 17.9. The lowest BCUT2D eigenvalue weighted by Gasteiger charge is -2.26. The molecule has 18 heavy (non-hydrogen) atoms. The summed E-state index contributed by atoms with van der Waals surface area (Å²) in [5.41, 5.74) is 1.07. The lowest BCUT2D eigenvalue weighted by molar-refractivity contribution is 0.128. The van der Waals surface area contributed by atoms with E-state index in [4.69, 9.17) is 4.74 Å². The Kier molecular flexibility index (Phi) is 4.55. The summed E-state index contributed by atoms with van der Waals surface area (Å²) in [5, 5.41) is 12.9. The Morgan fingerprint density at radius 1 is 1.39 bits per heavy atom. The monoisotopic (exact) mass is 250 g/mol. The van der Waals surface area contributed by atoms with Gasteiger partial charge >= 0.3 is 0 Å². The number of rotatable bonds is 6. The number of hydrogen-bond donors (Lipinski definition) is 2. The minimum Gasteiger partial charge on any atom is -0.481 e. The van der Waals surface area contributed by atoms with E-state index in [-0.39, 0.29) is 12.0 Å². The maximum atomic E-state index is 9.52. The highest BCUT2D eigenvalue weighted by Gasteiger charge is 2.32. The number of nitrogens with one attached hydrogen (secondary N) is 1. The number of aliphatic hydroxyl groups is 1. The molecule has 1 aromatic rings. The highest BCUT2D eigenvalue weighted by atomic mass is 16.5. The number of pyridine rings is 1. The van der Waals surface area contributed by atoms with Crippen molar-refractivity contribution >= 4 is 0 Å². The van der Waals surface area contributed by atoms with Crippen LogP contribution >= 0.6 is 0 Å². The van der Waals surface area contributed by atoms with Crippen LogP contribution in [0.1, 0.15) is 31.4 Å². The van der Waals surface area contributed by atoms with E-state index in [1.165, 1.54) is 12.8 Å². The fourth-order valence-corrected chi connectivity index (χ4v) is 2.64. The number of aromatic nitrogens is 1. The van der Waals surface area contributed by atoms with Crippen molar-refractivity contribution in [2.45, 2.75) is 32.2 Å². The van der Waals surface area contributed by atoms with Gasteiger partial charge in [-0.1, -0.05) is 18.9 Å². The first-order valence-corrected chi connectivity index (χ1v) is 6.59. The van der Waals surface area contributed by atoms with E-state index in [0.29, 0.717) is 5.88 Å². The lowest BCUT2D eigenvalue weighted by atomic mass is 9.87. The van der Waals surface area contributed by atoms with Crippen LogP contribution in [0.5, 0.6) is 5.88 Å². The first kappa shape index (κ1) is 13.3. The first-order valence-electron chi connectivity index (χ1n) is 6.59. The van der Waals surface area contributed by atoms with Crippen LogP contribution < -0.4 is 10.1 Å². The lowest BCUT2D eigenvalue weighted by Crippen LogP contribution is -2.35. The Bertz CT molecular complexity index is 376. The molecular formula is C14H22N2O2. The SMILES string of the molecule is COc1cccc(CNCC2(CO)CCCC2)n1. The van der Waals surface area contributed by atoms with Gasteiger partial charge < -0.3 is 15.2 Å². The third kappa shape index (κ3) is 3.21. The Hall–Kier alpha value is -1.13. The average molecular weight is 250 g/mol. The molecule has 1 aromatic heterocycles.